The van der Waals surface area contributed by atoms with Crippen molar-refractivity contribution in [2.75, 3.05) is 22.9 Å². The largest absolute Gasteiger partial charge is 0.353 e. The molecule has 28 heavy (non-hydrogen) atoms. The lowest BCUT2D eigenvalue weighted by Gasteiger charge is -2.28. The van der Waals surface area contributed by atoms with Crippen molar-refractivity contribution in [2.45, 2.75) is 32.6 Å². The SMILES string of the molecule is Cc1cccc(N([C@@H](C)C(=O)NCCSCc2ccccc2C)S(C)(=O)=O)c1. The Hall–Kier alpha value is -1.99. The third-order valence-corrected chi connectivity index (χ3v) is 6.66. The van der Waals surface area contributed by atoms with E-state index >= 15 is 0 Å². The lowest BCUT2D eigenvalue weighted by atomic mass is 10.1. The number of thioether (sulfide) groups is 1. The molecule has 7 heteroatoms. The molecular formula is C21H28N2O3S2. The van der Waals surface area contributed by atoms with Gasteiger partial charge in [0.1, 0.15) is 6.04 Å². The van der Waals surface area contributed by atoms with Gasteiger partial charge in [-0.05, 0) is 49.6 Å². The third kappa shape index (κ3) is 6.27. The van der Waals surface area contributed by atoms with Gasteiger partial charge in [-0.1, -0.05) is 36.4 Å². The zero-order valence-electron chi connectivity index (χ0n) is 16.8. The topological polar surface area (TPSA) is 66.5 Å². The van der Waals surface area contributed by atoms with Gasteiger partial charge >= 0.3 is 0 Å². The molecule has 0 saturated heterocycles. The second-order valence-electron chi connectivity index (χ2n) is 6.84. The standard InChI is InChI=1S/C21H28N2O3S2/c1-16-8-7-11-20(14-16)23(28(4,25)26)18(3)21(24)22-12-13-27-15-19-10-6-5-9-17(19)2/h5-11,14,18H,12-13,15H2,1-4H3,(H,22,24)/t18-/m0/s1. The summed E-state index contributed by atoms with van der Waals surface area (Å²) in [7, 11) is -3.59. The maximum absolute atomic E-state index is 12.6. The third-order valence-electron chi connectivity index (χ3n) is 4.41. The molecule has 0 radical (unpaired) electrons. The Morgan fingerprint density at radius 3 is 2.50 bits per heavy atom. The molecule has 0 unspecified atom stereocenters. The van der Waals surface area contributed by atoms with Crippen LogP contribution in [0.1, 0.15) is 23.6 Å². The molecule has 0 fully saturated rings. The molecule has 0 aliphatic heterocycles. The highest BCUT2D eigenvalue weighted by atomic mass is 32.2. The van der Waals surface area contributed by atoms with Crippen LogP contribution in [0.5, 0.6) is 0 Å². The molecule has 2 rings (SSSR count). The molecule has 2 aromatic carbocycles. The molecule has 0 aliphatic carbocycles. The van der Waals surface area contributed by atoms with Crippen LogP contribution in [0.4, 0.5) is 5.69 Å². The number of hydrogen-bond acceptors (Lipinski definition) is 4. The molecule has 0 aliphatic rings. The van der Waals surface area contributed by atoms with E-state index in [1.165, 1.54) is 15.4 Å². The van der Waals surface area contributed by atoms with Gasteiger partial charge in [0.25, 0.3) is 0 Å². The summed E-state index contributed by atoms with van der Waals surface area (Å²) in [6.07, 6.45) is 1.12. The van der Waals surface area contributed by atoms with Crippen molar-refractivity contribution in [2.24, 2.45) is 0 Å². The first kappa shape index (κ1) is 22.3. The molecule has 0 spiro atoms. The summed E-state index contributed by atoms with van der Waals surface area (Å²) in [5.41, 5.74) is 3.98. The second-order valence-corrected chi connectivity index (χ2v) is 9.81. The van der Waals surface area contributed by atoms with E-state index in [2.05, 4.69) is 24.4 Å². The summed E-state index contributed by atoms with van der Waals surface area (Å²) < 4.78 is 25.8. The Bertz CT molecular complexity index is 913. The fraction of sp³-hybridized carbons (Fsp3) is 0.381. The van der Waals surface area contributed by atoms with E-state index in [0.29, 0.717) is 12.2 Å². The zero-order chi connectivity index (χ0) is 20.7. The first-order chi connectivity index (χ1) is 13.2. The Morgan fingerprint density at radius 1 is 1.14 bits per heavy atom. The van der Waals surface area contributed by atoms with Crippen LogP contribution >= 0.6 is 11.8 Å². The Morgan fingerprint density at radius 2 is 1.86 bits per heavy atom. The van der Waals surface area contributed by atoms with Gasteiger partial charge in [0.15, 0.2) is 0 Å². The van der Waals surface area contributed by atoms with Crippen molar-refractivity contribution in [3.8, 4) is 0 Å². The minimum absolute atomic E-state index is 0.302. The molecule has 0 bridgehead atoms. The van der Waals surface area contributed by atoms with Crippen molar-refractivity contribution in [3.05, 3.63) is 65.2 Å². The molecule has 1 atom stereocenters. The van der Waals surface area contributed by atoms with E-state index in [9.17, 15) is 13.2 Å². The number of aryl methyl sites for hydroxylation is 2. The van der Waals surface area contributed by atoms with Gasteiger partial charge in [0, 0.05) is 18.1 Å². The maximum Gasteiger partial charge on any atom is 0.243 e. The van der Waals surface area contributed by atoms with Gasteiger partial charge in [0.2, 0.25) is 15.9 Å². The highest BCUT2D eigenvalue weighted by molar-refractivity contribution is 7.98. The summed E-state index contributed by atoms with van der Waals surface area (Å²) in [5.74, 6) is 1.34. The van der Waals surface area contributed by atoms with Gasteiger partial charge in [-0.2, -0.15) is 11.8 Å². The van der Waals surface area contributed by atoms with Crippen LogP contribution in [0, 0.1) is 13.8 Å². The predicted octanol–water partition coefficient (Wildman–Crippen LogP) is 3.51. The molecule has 0 saturated carbocycles. The lowest BCUT2D eigenvalue weighted by Crippen LogP contribution is -2.48. The van der Waals surface area contributed by atoms with Crippen molar-refractivity contribution >= 4 is 33.4 Å². The minimum atomic E-state index is -3.59. The summed E-state index contributed by atoms with van der Waals surface area (Å²) in [5, 5.41) is 2.85. The number of carbonyl (C=O) groups is 1. The quantitative estimate of drug-likeness (QED) is 0.631. The first-order valence-corrected chi connectivity index (χ1v) is 12.2. The van der Waals surface area contributed by atoms with Crippen LogP contribution in [-0.2, 0) is 20.6 Å². The first-order valence-electron chi connectivity index (χ1n) is 9.16. The fourth-order valence-corrected chi connectivity index (χ4v) is 5.02. The van der Waals surface area contributed by atoms with Gasteiger partial charge < -0.3 is 5.32 Å². The zero-order valence-corrected chi connectivity index (χ0v) is 18.4. The number of hydrogen-bond donors (Lipinski definition) is 1. The van der Waals surface area contributed by atoms with Crippen molar-refractivity contribution in [1.82, 2.24) is 5.32 Å². The van der Waals surface area contributed by atoms with E-state index in [4.69, 9.17) is 0 Å². The predicted molar refractivity (Wildman–Crippen MR) is 118 cm³/mol. The number of amides is 1. The average molecular weight is 421 g/mol. The molecule has 1 amide bonds. The summed E-state index contributed by atoms with van der Waals surface area (Å²) in [6, 6.07) is 14.6. The number of anilines is 1. The summed E-state index contributed by atoms with van der Waals surface area (Å²) in [4.78, 5) is 12.6. The second kappa shape index (κ2) is 9.98. The summed E-state index contributed by atoms with van der Waals surface area (Å²) in [6.45, 7) is 6.08. The molecule has 2 aromatic rings. The van der Waals surface area contributed by atoms with Crippen molar-refractivity contribution < 1.29 is 13.2 Å². The van der Waals surface area contributed by atoms with Crippen LogP contribution in [0.15, 0.2) is 48.5 Å². The number of nitrogens with zero attached hydrogens (tertiary/aromatic N) is 1. The number of nitrogens with one attached hydrogen (secondary N) is 1. The van der Waals surface area contributed by atoms with E-state index < -0.39 is 16.1 Å². The van der Waals surface area contributed by atoms with Gasteiger partial charge in [-0.15, -0.1) is 0 Å². The smallest absolute Gasteiger partial charge is 0.243 e. The van der Waals surface area contributed by atoms with Gasteiger partial charge in [-0.25, -0.2) is 8.42 Å². The number of carbonyl (C=O) groups excluding carboxylic acids is 1. The van der Waals surface area contributed by atoms with Crippen LogP contribution < -0.4 is 9.62 Å². The maximum atomic E-state index is 12.6. The molecule has 0 aromatic heterocycles. The molecule has 0 heterocycles. The van der Waals surface area contributed by atoms with E-state index in [-0.39, 0.29) is 5.91 Å². The highest BCUT2D eigenvalue weighted by Gasteiger charge is 2.28. The molecular weight excluding hydrogens is 392 g/mol. The Kier molecular flexibility index (Phi) is 7.95. The monoisotopic (exact) mass is 420 g/mol. The normalized spacial score (nSPS) is 12.4. The molecule has 1 N–H and O–H groups in total. The highest BCUT2D eigenvalue weighted by Crippen LogP contribution is 2.22. The lowest BCUT2D eigenvalue weighted by molar-refractivity contribution is -0.121. The van der Waals surface area contributed by atoms with Crippen LogP contribution in [0.2, 0.25) is 0 Å². The van der Waals surface area contributed by atoms with E-state index in [1.807, 2.05) is 25.1 Å². The minimum Gasteiger partial charge on any atom is -0.353 e. The van der Waals surface area contributed by atoms with Crippen molar-refractivity contribution in [1.29, 1.82) is 0 Å². The number of rotatable bonds is 9. The van der Waals surface area contributed by atoms with Gasteiger partial charge in [0.05, 0.1) is 11.9 Å². The van der Waals surface area contributed by atoms with Crippen LogP contribution in [-0.4, -0.2) is 38.9 Å². The van der Waals surface area contributed by atoms with Gasteiger partial charge in [-0.3, -0.25) is 9.10 Å². The molecule has 152 valence electrons. The van der Waals surface area contributed by atoms with Crippen molar-refractivity contribution in [3.63, 3.8) is 0 Å². The Labute approximate surface area is 172 Å². The van der Waals surface area contributed by atoms with E-state index in [0.717, 1.165) is 23.3 Å². The molecule has 5 nitrogen and oxygen atoms in total. The number of benzene rings is 2. The fourth-order valence-electron chi connectivity index (χ4n) is 2.92. The summed E-state index contributed by atoms with van der Waals surface area (Å²) >= 11 is 1.74. The number of sulfonamides is 1. The Balaban J connectivity index is 1.91. The average Bonchev–Trinajstić information content (AvgIpc) is 2.61. The van der Waals surface area contributed by atoms with E-state index in [1.54, 1.807) is 36.9 Å². The van der Waals surface area contributed by atoms with Crippen LogP contribution in [0.3, 0.4) is 0 Å². The van der Waals surface area contributed by atoms with Crippen LogP contribution in [0.25, 0.3) is 0 Å².